The zero-order chi connectivity index (χ0) is 26.5. The molecule has 2 aromatic rings. The van der Waals surface area contributed by atoms with Gasteiger partial charge in [0.25, 0.3) is 0 Å². The van der Waals surface area contributed by atoms with Gasteiger partial charge in [-0.3, -0.25) is 20.3 Å². The van der Waals surface area contributed by atoms with E-state index >= 15 is 0 Å². The molecule has 36 heavy (non-hydrogen) atoms. The number of ether oxygens (including phenoxy) is 1. The summed E-state index contributed by atoms with van der Waals surface area (Å²) in [6.07, 6.45) is 1.36. The summed E-state index contributed by atoms with van der Waals surface area (Å²) in [7, 11) is 5.51. The molecule has 2 heterocycles. The van der Waals surface area contributed by atoms with Gasteiger partial charge in [-0.25, -0.2) is 10.2 Å². The average molecular weight is 516 g/mol. The number of hydrazine groups is 1. The molecular weight excluding hydrogens is 478 g/mol. The lowest BCUT2D eigenvalue weighted by Gasteiger charge is -2.22. The van der Waals surface area contributed by atoms with Crippen LogP contribution in [0, 0.1) is 5.92 Å². The minimum absolute atomic E-state index is 0.00659. The number of para-hydroxylation sites is 2. The molecular formula is C26H37N5O4S. The Morgan fingerprint density at radius 3 is 2.58 bits per heavy atom. The van der Waals surface area contributed by atoms with Crippen molar-refractivity contribution in [2.45, 2.75) is 45.4 Å². The molecule has 1 aliphatic rings. The summed E-state index contributed by atoms with van der Waals surface area (Å²) < 4.78 is 5.34. The molecule has 1 saturated heterocycles. The van der Waals surface area contributed by atoms with E-state index in [1.54, 1.807) is 19.2 Å². The molecule has 196 valence electrons. The average Bonchev–Trinajstić information content (AvgIpc) is 3.03. The van der Waals surface area contributed by atoms with Crippen molar-refractivity contribution in [1.29, 1.82) is 0 Å². The molecule has 1 unspecified atom stereocenters. The molecule has 0 bridgehead atoms. The number of Topliss-reactive ketones (excluding diaryl/α,β-unsaturated/α-hetero) is 1. The highest BCUT2D eigenvalue weighted by Crippen LogP contribution is 2.42. The second kappa shape index (κ2) is 11.9. The molecule has 0 saturated carbocycles. The Hall–Kier alpha value is -2.95. The van der Waals surface area contributed by atoms with Gasteiger partial charge in [0.05, 0.1) is 12.8 Å². The Bertz CT molecular complexity index is 1110. The SMILES string of the molecule is COc1ccccc1NC(=O)Nc1sc(C(C)(C)C)c(C(=O)C2CCC(=O)NNC2)c1CCN(C)C. The Labute approximate surface area is 216 Å². The van der Waals surface area contributed by atoms with Crippen LogP contribution in [0.1, 0.15) is 54.4 Å². The molecule has 0 radical (unpaired) electrons. The predicted molar refractivity (Wildman–Crippen MR) is 144 cm³/mol. The maximum atomic E-state index is 13.9. The Morgan fingerprint density at radius 2 is 1.92 bits per heavy atom. The maximum absolute atomic E-state index is 13.9. The van der Waals surface area contributed by atoms with E-state index < -0.39 is 6.03 Å². The summed E-state index contributed by atoms with van der Waals surface area (Å²) in [6.45, 7) is 7.29. The molecule has 10 heteroatoms. The number of carbonyl (C=O) groups excluding carboxylic acids is 3. The molecule has 1 aromatic heterocycles. The number of hydrogen-bond acceptors (Lipinski definition) is 7. The van der Waals surface area contributed by atoms with E-state index in [4.69, 9.17) is 4.74 Å². The van der Waals surface area contributed by atoms with E-state index in [0.29, 0.717) is 47.9 Å². The quantitative estimate of drug-likeness (QED) is 0.395. The van der Waals surface area contributed by atoms with Crippen molar-refractivity contribution < 1.29 is 19.1 Å². The summed E-state index contributed by atoms with van der Waals surface area (Å²) in [5, 5.41) is 6.52. The third kappa shape index (κ3) is 6.83. The number of benzene rings is 1. The fourth-order valence-corrected chi connectivity index (χ4v) is 5.41. The fourth-order valence-electron chi connectivity index (χ4n) is 4.10. The van der Waals surface area contributed by atoms with Gasteiger partial charge in [0.15, 0.2) is 5.78 Å². The smallest absolute Gasteiger partial charge is 0.324 e. The zero-order valence-corrected chi connectivity index (χ0v) is 22.7. The van der Waals surface area contributed by atoms with Crippen LogP contribution in [0.15, 0.2) is 24.3 Å². The van der Waals surface area contributed by atoms with Crippen LogP contribution in [0.25, 0.3) is 0 Å². The van der Waals surface area contributed by atoms with Gasteiger partial charge >= 0.3 is 6.03 Å². The summed E-state index contributed by atoms with van der Waals surface area (Å²) in [6, 6.07) is 6.79. The van der Waals surface area contributed by atoms with Gasteiger partial charge in [-0.05, 0) is 50.0 Å². The number of urea groups is 1. The molecule has 1 atom stereocenters. The van der Waals surface area contributed by atoms with E-state index in [0.717, 1.165) is 10.4 Å². The lowest BCUT2D eigenvalue weighted by molar-refractivity contribution is -0.121. The normalized spacial score (nSPS) is 16.3. The molecule has 4 N–H and O–H groups in total. The minimum atomic E-state index is -0.405. The predicted octanol–water partition coefficient (Wildman–Crippen LogP) is 4.02. The molecule has 1 fully saturated rings. The van der Waals surface area contributed by atoms with Crippen LogP contribution in [-0.4, -0.2) is 56.9 Å². The van der Waals surface area contributed by atoms with Crippen molar-refractivity contribution in [1.82, 2.24) is 15.8 Å². The number of thiophene rings is 1. The van der Waals surface area contributed by atoms with Crippen LogP contribution in [0.3, 0.4) is 0 Å². The summed E-state index contributed by atoms with van der Waals surface area (Å²) in [5.74, 6) is 0.108. The van der Waals surface area contributed by atoms with E-state index in [1.165, 1.54) is 11.3 Å². The Balaban J connectivity index is 2.00. The van der Waals surface area contributed by atoms with Crippen molar-refractivity contribution >= 4 is 39.7 Å². The van der Waals surface area contributed by atoms with Gasteiger partial charge in [-0.2, -0.15) is 0 Å². The highest BCUT2D eigenvalue weighted by Gasteiger charge is 2.34. The van der Waals surface area contributed by atoms with Crippen molar-refractivity contribution in [2.75, 3.05) is 44.9 Å². The molecule has 3 amide bonds. The number of ketones is 1. The van der Waals surface area contributed by atoms with Crippen molar-refractivity contribution in [2.24, 2.45) is 5.92 Å². The van der Waals surface area contributed by atoms with Gasteiger partial charge in [0, 0.05) is 35.9 Å². The van der Waals surface area contributed by atoms with Crippen LogP contribution in [0.5, 0.6) is 5.75 Å². The van der Waals surface area contributed by atoms with E-state index in [2.05, 4.69) is 47.2 Å². The third-order valence-corrected chi connectivity index (χ3v) is 7.57. The van der Waals surface area contributed by atoms with Gasteiger partial charge in [-0.1, -0.05) is 32.9 Å². The number of amides is 3. The van der Waals surface area contributed by atoms with Crippen LogP contribution in [-0.2, 0) is 16.6 Å². The van der Waals surface area contributed by atoms with Crippen LogP contribution >= 0.6 is 11.3 Å². The monoisotopic (exact) mass is 515 g/mol. The first-order valence-corrected chi connectivity index (χ1v) is 12.9. The maximum Gasteiger partial charge on any atom is 0.324 e. The number of hydrogen-bond donors (Lipinski definition) is 4. The molecule has 3 rings (SSSR count). The number of nitrogens with one attached hydrogen (secondary N) is 4. The number of nitrogens with zero attached hydrogens (tertiary/aromatic N) is 1. The highest BCUT2D eigenvalue weighted by molar-refractivity contribution is 7.17. The standard InChI is InChI=1S/C26H37N5O4S/c1-26(2,3)23-21(22(33)16-11-12-20(32)30-27-15-16)17(13-14-31(4)5)24(36-23)29-25(34)28-18-9-7-8-10-19(18)35-6/h7-10,16,27H,11-15H2,1-6H3,(H,30,32)(H2,28,29,34). The Kier molecular flexibility index (Phi) is 9.10. The number of likely N-dealkylation sites (N-methyl/N-ethyl adjacent to an activating group) is 1. The first kappa shape index (κ1) is 27.6. The first-order chi connectivity index (χ1) is 17.0. The fraction of sp³-hybridized carbons (Fsp3) is 0.500. The topological polar surface area (TPSA) is 112 Å². The van der Waals surface area contributed by atoms with Gasteiger partial charge < -0.3 is 15.0 Å². The lowest BCUT2D eigenvalue weighted by atomic mass is 9.84. The number of anilines is 2. The molecule has 9 nitrogen and oxygen atoms in total. The summed E-state index contributed by atoms with van der Waals surface area (Å²) in [4.78, 5) is 41.8. The molecule has 0 aliphatic carbocycles. The number of carbonyl (C=O) groups is 3. The van der Waals surface area contributed by atoms with Crippen molar-refractivity contribution in [3.8, 4) is 5.75 Å². The second-order valence-electron chi connectivity index (χ2n) is 10.2. The highest BCUT2D eigenvalue weighted by atomic mass is 32.1. The van der Waals surface area contributed by atoms with Gasteiger partial charge in [0.1, 0.15) is 10.8 Å². The van der Waals surface area contributed by atoms with E-state index in [9.17, 15) is 14.4 Å². The number of rotatable bonds is 8. The largest absolute Gasteiger partial charge is 0.495 e. The number of methoxy groups -OCH3 is 1. The first-order valence-electron chi connectivity index (χ1n) is 12.1. The lowest BCUT2D eigenvalue weighted by Crippen LogP contribution is -2.38. The minimum Gasteiger partial charge on any atom is -0.495 e. The molecule has 0 spiro atoms. The van der Waals surface area contributed by atoms with E-state index in [-0.39, 0.29) is 29.4 Å². The van der Waals surface area contributed by atoms with Gasteiger partial charge in [0.2, 0.25) is 5.91 Å². The molecule has 1 aromatic carbocycles. The van der Waals surface area contributed by atoms with Crippen LogP contribution in [0.4, 0.5) is 15.5 Å². The van der Waals surface area contributed by atoms with Crippen molar-refractivity contribution in [3.63, 3.8) is 0 Å². The second-order valence-corrected chi connectivity index (χ2v) is 11.2. The van der Waals surface area contributed by atoms with E-state index in [1.807, 2.05) is 26.2 Å². The summed E-state index contributed by atoms with van der Waals surface area (Å²) >= 11 is 1.45. The third-order valence-electron chi connectivity index (χ3n) is 5.99. The van der Waals surface area contributed by atoms with Crippen molar-refractivity contribution in [3.05, 3.63) is 40.3 Å². The zero-order valence-electron chi connectivity index (χ0n) is 21.9. The summed E-state index contributed by atoms with van der Waals surface area (Å²) in [5.41, 5.74) is 7.26. The van der Waals surface area contributed by atoms with Gasteiger partial charge in [-0.15, -0.1) is 11.3 Å². The Morgan fingerprint density at radius 1 is 1.19 bits per heavy atom. The van der Waals surface area contributed by atoms with Crippen LogP contribution < -0.4 is 26.2 Å². The molecule has 1 aliphatic heterocycles. The van der Waals surface area contributed by atoms with Crippen LogP contribution in [0.2, 0.25) is 0 Å².